The standard InChI is InChI=1S/C13H13ClN4O/c1-2-16-12-8-5-9(14)11(18-4-3-15-7-18)6-10(8)17-13(12)19/h3-7,12,16H,2H2,1H3,(H,17,19). The summed E-state index contributed by atoms with van der Waals surface area (Å²) in [6, 6.07) is 3.38. The minimum Gasteiger partial charge on any atom is -0.324 e. The van der Waals surface area contributed by atoms with Gasteiger partial charge in [-0.1, -0.05) is 18.5 Å². The molecule has 1 unspecified atom stereocenters. The molecule has 98 valence electrons. The molecule has 1 aliphatic rings. The number of fused-ring (bicyclic) bond motifs is 1. The molecule has 1 amide bonds. The van der Waals surface area contributed by atoms with E-state index in [4.69, 9.17) is 11.6 Å². The lowest BCUT2D eigenvalue weighted by atomic mass is 10.1. The first-order valence-corrected chi connectivity index (χ1v) is 6.44. The second-order valence-corrected chi connectivity index (χ2v) is 4.75. The topological polar surface area (TPSA) is 59.0 Å². The predicted molar refractivity (Wildman–Crippen MR) is 73.6 cm³/mol. The van der Waals surface area contributed by atoms with Crippen LogP contribution in [0.15, 0.2) is 30.9 Å². The lowest BCUT2D eigenvalue weighted by molar-refractivity contribution is -0.117. The third-order valence-corrected chi connectivity index (χ3v) is 3.44. The zero-order valence-electron chi connectivity index (χ0n) is 10.4. The zero-order valence-corrected chi connectivity index (χ0v) is 11.1. The lowest BCUT2D eigenvalue weighted by Gasteiger charge is -2.11. The third-order valence-electron chi connectivity index (χ3n) is 3.14. The number of likely N-dealkylation sites (N-methyl/N-ethyl adjacent to an activating group) is 1. The van der Waals surface area contributed by atoms with Crippen LogP contribution in [-0.4, -0.2) is 22.0 Å². The van der Waals surface area contributed by atoms with Gasteiger partial charge in [0.05, 0.1) is 17.0 Å². The molecule has 3 rings (SSSR count). The van der Waals surface area contributed by atoms with Crippen LogP contribution in [-0.2, 0) is 4.79 Å². The van der Waals surface area contributed by atoms with Crippen molar-refractivity contribution in [3.63, 3.8) is 0 Å². The molecule has 0 saturated carbocycles. The molecule has 0 spiro atoms. The molecule has 0 saturated heterocycles. The Kier molecular flexibility index (Phi) is 3.00. The molecule has 2 N–H and O–H groups in total. The van der Waals surface area contributed by atoms with Gasteiger partial charge < -0.3 is 15.2 Å². The SMILES string of the molecule is CCNC1C(=O)Nc2cc(-n3ccnc3)c(Cl)cc21. The van der Waals surface area contributed by atoms with E-state index in [2.05, 4.69) is 15.6 Å². The smallest absolute Gasteiger partial charge is 0.246 e. The summed E-state index contributed by atoms with van der Waals surface area (Å²) >= 11 is 6.30. The van der Waals surface area contributed by atoms with Gasteiger partial charge in [0.1, 0.15) is 6.04 Å². The quantitative estimate of drug-likeness (QED) is 0.903. The van der Waals surface area contributed by atoms with Crippen LogP contribution in [0.5, 0.6) is 0 Å². The fraction of sp³-hybridized carbons (Fsp3) is 0.231. The molecule has 5 nitrogen and oxygen atoms in total. The van der Waals surface area contributed by atoms with Gasteiger partial charge in [0.15, 0.2) is 0 Å². The number of anilines is 1. The van der Waals surface area contributed by atoms with Crippen molar-refractivity contribution in [3.8, 4) is 5.69 Å². The first kappa shape index (κ1) is 12.2. The third kappa shape index (κ3) is 2.01. The Bertz CT molecular complexity index is 624. The molecule has 19 heavy (non-hydrogen) atoms. The molecular formula is C13H13ClN4O. The largest absolute Gasteiger partial charge is 0.324 e. The second kappa shape index (κ2) is 4.68. The van der Waals surface area contributed by atoms with Crippen molar-refractivity contribution < 1.29 is 4.79 Å². The molecule has 0 bridgehead atoms. The number of nitrogens with zero attached hydrogens (tertiary/aromatic N) is 2. The summed E-state index contributed by atoms with van der Waals surface area (Å²) in [5.41, 5.74) is 2.49. The number of carbonyl (C=O) groups excluding carboxylic acids is 1. The highest BCUT2D eigenvalue weighted by atomic mass is 35.5. The molecule has 1 aromatic carbocycles. The molecular weight excluding hydrogens is 264 g/mol. The maximum Gasteiger partial charge on any atom is 0.246 e. The van der Waals surface area contributed by atoms with E-state index in [9.17, 15) is 4.79 Å². The van der Waals surface area contributed by atoms with E-state index in [1.807, 2.05) is 29.8 Å². The monoisotopic (exact) mass is 276 g/mol. The van der Waals surface area contributed by atoms with Crippen molar-refractivity contribution in [3.05, 3.63) is 41.4 Å². The van der Waals surface area contributed by atoms with Crippen molar-refractivity contribution in [2.45, 2.75) is 13.0 Å². The number of hydrogen-bond donors (Lipinski definition) is 2. The molecule has 0 radical (unpaired) electrons. The Hall–Kier alpha value is -1.85. The number of amides is 1. The minimum absolute atomic E-state index is 0.0457. The molecule has 0 fully saturated rings. The van der Waals surface area contributed by atoms with Gasteiger partial charge in [0, 0.05) is 23.6 Å². The van der Waals surface area contributed by atoms with E-state index in [-0.39, 0.29) is 11.9 Å². The van der Waals surface area contributed by atoms with E-state index in [0.29, 0.717) is 5.02 Å². The van der Waals surface area contributed by atoms with E-state index < -0.39 is 0 Å². The molecule has 2 aromatic rings. The molecule has 1 aliphatic heterocycles. The number of nitrogens with one attached hydrogen (secondary N) is 2. The summed E-state index contributed by atoms with van der Waals surface area (Å²) in [7, 11) is 0. The summed E-state index contributed by atoms with van der Waals surface area (Å²) in [5.74, 6) is -0.0457. The zero-order chi connectivity index (χ0) is 13.4. The van der Waals surface area contributed by atoms with E-state index in [0.717, 1.165) is 23.5 Å². The summed E-state index contributed by atoms with van der Waals surface area (Å²) in [6.45, 7) is 2.69. The number of halogens is 1. The lowest BCUT2D eigenvalue weighted by Crippen LogP contribution is -2.27. The average Bonchev–Trinajstić information content (AvgIpc) is 2.99. The van der Waals surface area contributed by atoms with E-state index in [1.54, 1.807) is 12.5 Å². The molecule has 6 heteroatoms. The van der Waals surface area contributed by atoms with Gasteiger partial charge in [-0.25, -0.2) is 4.98 Å². The summed E-state index contributed by atoms with van der Waals surface area (Å²) in [6.07, 6.45) is 5.17. The van der Waals surface area contributed by atoms with Gasteiger partial charge in [0.2, 0.25) is 5.91 Å². The van der Waals surface area contributed by atoms with Gasteiger partial charge in [-0.2, -0.15) is 0 Å². The van der Waals surface area contributed by atoms with Crippen molar-refractivity contribution in [2.75, 3.05) is 11.9 Å². The Labute approximate surface area is 115 Å². The van der Waals surface area contributed by atoms with Gasteiger partial charge >= 0.3 is 0 Å². The predicted octanol–water partition coefficient (Wildman–Crippen LogP) is 2.13. The Morgan fingerprint density at radius 1 is 1.53 bits per heavy atom. The maximum atomic E-state index is 11.9. The molecule has 1 atom stereocenters. The number of aromatic nitrogens is 2. The minimum atomic E-state index is -0.325. The normalized spacial score (nSPS) is 17.4. The second-order valence-electron chi connectivity index (χ2n) is 4.34. The van der Waals surface area contributed by atoms with Crippen LogP contribution in [0.3, 0.4) is 0 Å². The summed E-state index contributed by atoms with van der Waals surface area (Å²) < 4.78 is 1.81. The molecule has 2 heterocycles. The number of hydrogen-bond acceptors (Lipinski definition) is 3. The highest BCUT2D eigenvalue weighted by Crippen LogP contribution is 2.36. The van der Waals surface area contributed by atoms with Crippen molar-refractivity contribution >= 4 is 23.2 Å². The van der Waals surface area contributed by atoms with Crippen molar-refractivity contribution in [1.82, 2.24) is 14.9 Å². The van der Waals surface area contributed by atoms with Crippen LogP contribution >= 0.6 is 11.6 Å². The number of imidazole rings is 1. The van der Waals surface area contributed by atoms with Crippen LogP contribution < -0.4 is 10.6 Å². The first-order chi connectivity index (χ1) is 9.20. The molecule has 0 aliphatic carbocycles. The first-order valence-electron chi connectivity index (χ1n) is 6.06. The Balaban J connectivity index is 2.07. The highest BCUT2D eigenvalue weighted by molar-refractivity contribution is 6.32. The fourth-order valence-corrected chi connectivity index (χ4v) is 2.55. The van der Waals surface area contributed by atoms with Crippen LogP contribution in [0.1, 0.15) is 18.5 Å². The van der Waals surface area contributed by atoms with Crippen molar-refractivity contribution in [2.24, 2.45) is 0 Å². The Morgan fingerprint density at radius 2 is 2.37 bits per heavy atom. The van der Waals surface area contributed by atoms with Gasteiger partial charge in [-0.15, -0.1) is 0 Å². The van der Waals surface area contributed by atoms with Gasteiger partial charge in [0.25, 0.3) is 0 Å². The number of benzene rings is 1. The highest BCUT2D eigenvalue weighted by Gasteiger charge is 2.30. The summed E-state index contributed by atoms with van der Waals surface area (Å²) in [5, 5.41) is 6.60. The Morgan fingerprint density at radius 3 is 3.05 bits per heavy atom. The van der Waals surface area contributed by atoms with Crippen molar-refractivity contribution in [1.29, 1.82) is 0 Å². The average molecular weight is 277 g/mol. The van der Waals surface area contributed by atoms with E-state index >= 15 is 0 Å². The number of carbonyl (C=O) groups is 1. The molecule has 1 aromatic heterocycles. The van der Waals surface area contributed by atoms with Crippen LogP contribution in [0, 0.1) is 0 Å². The fourth-order valence-electron chi connectivity index (χ4n) is 2.28. The number of rotatable bonds is 3. The van der Waals surface area contributed by atoms with Gasteiger partial charge in [-0.05, 0) is 18.7 Å². The van der Waals surface area contributed by atoms with Crippen LogP contribution in [0.25, 0.3) is 5.69 Å². The van der Waals surface area contributed by atoms with E-state index in [1.165, 1.54) is 0 Å². The van der Waals surface area contributed by atoms with Crippen LogP contribution in [0.2, 0.25) is 5.02 Å². The summed E-state index contributed by atoms with van der Waals surface area (Å²) in [4.78, 5) is 15.9. The maximum absolute atomic E-state index is 11.9. The van der Waals surface area contributed by atoms with Gasteiger partial charge in [-0.3, -0.25) is 4.79 Å². The van der Waals surface area contributed by atoms with Crippen LogP contribution in [0.4, 0.5) is 5.69 Å².